The van der Waals surface area contributed by atoms with Crippen LogP contribution in [0.5, 0.6) is 0 Å². The van der Waals surface area contributed by atoms with Crippen LogP contribution in [-0.4, -0.2) is 26.9 Å². The summed E-state index contributed by atoms with van der Waals surface area (Å²) in [7, 11) is 1.75. The van der Waals surface area contributed by atoms with Gasteiger partial charge in [-0.05, 0) is 25.1 Å². The van der Waals surface area contributed by atoms with Crippen LogP contribution in [0.2, 0.25) is 0 Å². The number of aryl methyl sites for hydroxylation is 2. The van der Waals surface area contributed by atoms with Gasteiger partial charge in [0.05, 0.1) is 16.9 Å². The number of nitrogens with zero attached hydrogens (tertiary/aromatic N) is 2. The van der Waals surface area contributed by atoms with E-state index in [0.29, 0.717) is 21.5 Å². The van der Waals surface area contributed by atoms with Gasteiger partial charge in [-0.2, -0.15) is 5.10 Å². The fraction of sp³-hybridized carbons (Fsp3) is 0.154. The Morgan fingerprint density at radius 2 is 2.00 bits per heavy atom. The van der Waals surface area contributed by atoms with E-state index in [-0.39, 0.29) is 5.56 Å². The molecule has 0 bridgehead atoms. The monoisotopic (exact) mass is 352 g/mol. The number of halogens is 1. The summed E-state index contributed by atoms with van der Waals surface area (Å²) >= 11 is 3.20. The number of carbonyl (C=O) groups excluding carboxylic acids is 1. The number of nitrogens with one attached hydrogen (secondary N) is 2. The number of benzene rings is 1. The minimum Gasteiger partial charge on any atom is -0.478 e. The van der Waals surface area contributed by atoms with E-state index in [2.05, 4.69) is 31.7 Å². The fourth-order valence-electron chi connectivity index (χ4n) is 1.79. The Morgan fingerprint density at radius 1 is 1.29 bits per heavy atom. The van der Waals surface area contributed by atoms with Crippen molar-refractivity contribution in [1.82, 2.24) is 9.78 Å². The summed E-state index contributed by atoms with van der Waals surface area (Å²) in [5.41, 5.74) is 1.73. The van der Waals surface area contributed by atoms with Gasteiger partial charge in [0.2, 0.25) is 0 Å². The predicted molar refractivity (Wildman–Crippen MR) is 81.7 cm³/mol. The van der Waals surface area contributed by atoms with Crippen molar-refractivity contribution < 1.29 is 14.7 Å². The quantitative estimate of drug-likeness (QED) is 0.791. The molecule has 0 aliphatic heterocycles. The summed E-state index contributed by atoms with van der Waals surface area (Å²) in [6.45, 7) is 1.78. The second-order valence-electron chi connectivity index (χ2n) is 4.41. The first-order valence-electron chi connectivity index (χ1n) is 5.97. The van der Waals surface area contributed by atoms with Gasteiger partial charge in [0, 0.05) is 23.4 Å². The van der Waals surface area contributed by atoms with Crippen molar-refractivity contribution in [2.45, 2.75) is 6.92 Å². The molecular formula is C13H13BrN4O3. The van der Waals surface area contributed by atoms with Crippen LogP contribution in [0.4, 0.5) is 16.2 Å². The lowest BCUT2D eigenvalue weighted by molar-refractivity contribution is 0.0697. The van der Waals surface area contributed by atoms with E-state index in [1.165, 1.54) is 12.1 Å². The third-order valence-corrected chi connectivity index (χ3v) is 3.12. The first-order chi connectivity index (χ1) is 9.85. The van der Waals surface area contributed by atoms with Gasteiger partial charge in [-0.3, -0.25) is 4.68 Å². The largest absolute Gasteiger partial charge is 0.478 e. The molecule has 1 heterocycles. The molecule has 0 aliphatic rings. The molecule has 2 aromatic rings. The molecule has 1 aromatic carbocycles. The van der Waals surface area contributed by atoms with Crippen LogP contribution in [0.1, 0.15) is 16.1 Å². The van der Waals surface area contributed by atoms with Gasteiger partial charge in [0.1, 0.15) is 0 Å². The van der Waals surface area contributed by atoms with Crippen LogP contribution in [-0.2, 0) is 7.05 Å². The lowest BCUT2D eigenvalue weighted by atomic mass is 10.2. The number of carboxylic acid groups (broad SMARTS) is 1. The molecule has 2 amide bonds. The van der Waals surface area contributed by atoms with Crippen LogP contribution < -0.4 is 10.6 Å². The van der Waals surface area contributed by atoms with E-state index in [1.807, 2.05) is 0 Å². The predicted octanol–water partition coefficient (Wildman–Crippen LogP) is 2.83. The lowest BCUT2D eigenvalue weighted by Crippen LogP contribution is -2.19. The highest BCUT2D eigenvalue weighted by atomic mass is 79.9. The summed E-state index contributed by atoms with van der Waals surface area (Å²) < 4.78 is 2.15. The number of rotatable bonds is 3. The smallest absolute Gasteiger partial charge is 0.335 e. The zero-order valence-corrected chi connectivity index (χ0v) is 12.9. The molecule has 8 heteroatoms. The maximum atomic E-state index is 11.9. The summed E-state index contributed by atoms with van der Waals surface area (Å²) in [5, 5.41) is 18.3. The fourth-order valence-corrected chi connectivity index (χ4v) is 2.29. The number of aromatic carboxylic acids is 1. The van der Waals surface area contributed by atoms with Crippen molar-refractivity contribution in [3.8, 4) is 0 Å². The Morgan fingerprint density at radius 3 is 2.57 bits per heavy atom. The molecule has 0 radical (unpaired) electrons. The highest BCUT2D eigenvalue weighted by Crippen LogP contribution is 2.20. The van der Waals surface area contributed by atoms with Gasteiger partial charge in [0.25, 0.3) is 0 Å². The molecule has 0 saturated heterocycles. The van der Waals surface area contributed by atoms with E-state index in [0.717, 1.165) is 0 Å². The Balaban J connectivity index is 2.12. The number of hydrogen-bond donors (Lipinski definition) is 3. The molecule has 0 saturated carbocycles. The highest BCUT2D eigenvalue weighted by molar-refractivity contribution is 9.10. The van der Waals surface area contributed by atoms with E-state index >= 15 is 0 Å². The second kappa shape index (κ2) is 5.96. The van der Waals surface area contributed by atoms with Crippen LogP contribution in [0.15, 0.2) is 28.9 Å². The van der Waals surface area contributed by atoms with Gasteiger partial charge < -0.3 is 15.7 Å². The molecule has 110 valence electrons. The van der Waals surface area contributed by atoms with E-state index < -0.39 is 12.0 Å². The van der Waals surface area contributed by atoms with E-state index in [9.17, 15) is 9.59 Å². The highest BCUT2D eigenvalue weighted by Gasteiger charge is 2.10. The standard InChI is InChI=1S/C13H13BrN4O3/c1-7-11(6-18(2)17-7)16-13(21)15-10-4-8(12(19)20)3-9(14)5-10/h3-6H,1-2H3,(H,19,20)(H2,15,16,21). The molecule has 0 unspecified atom stereocenters. The lowest BCUT2D eigenvalue weighted by Gasteiger charge is -2.08. The average molecular weight is 353 g/mol. The van der Waals surface area contributed by atoms with Gasteiger partial charge in [-0.1, -0.05) is 15.9 Å². The van der Waals surface area contributed by atoms with Gasteiger partial charge in [0.15, 0.2) is 0 Å². The number of urea groups is 1. The number of aromatic nitrogens is 2. The molecule has 21 heavy (non-hydrogen) atoms. The molecule has 1 aromatic heterocycles. The van der Waals surface area contributed by atoms with Crippen molar-refractivity contribution in [2.24, 2.45) is 7.05 Å². The molecule has 2 rings (SSSR count). The number of carboxylic acids is 1. The number of anilines is 2. The molecule has 3 N–H and O–H groups in total. The Bertz CT molecular complexity index is 711. The Hall–Kier alpha value is -2.35. The number of amides is 2. The van der Waals surface area contributed by atoms with E-state index in [4.69, 9.17) is 5.11 Å². The summed E-state index contributed by atoms with van der Waals surface area (Å²) in [5.74, 6) is -1.07. The molecule has 7 nitrogen and oxygen atoms in total. The normalized spacial score (nSPS) is 10.2. The molecule has 0 spiro atoms. The molecule has 0 fully saturated rings. The number of carbonyl (C=O) groups is 2. The first-order valence-corrected chi connectivity index (χ1v) is 6.76. The third kappa shape index (κ3) is 3.82. The van der Waals surface area contributed by atoms with Crippen LogP contribution in [0.25, 0.3) is 0 Å². The van der Waals surface area contributed by atoms with Crippen molar-refractivity contribution in [1.29, 1.82) is 0 Å². The van der Waals surface area contributed by atoms with E-state index in [1.54, 1.807) is 30.9 Å². The van der Waals surface area contributed by atoms with Crippen LogP contribution in [0, 0.1) is 6.92 Å². The van der Waals surface area contributed by atoms with Crippen molar-refractivity contribution in [3.63, 3.8) is 0 Å². The van der Waals surface area contributed by atoms with Crippen LogP contribution >= 0.6 is 15.9 Å². The van der Waals surface area contributed by atoms with Crippen molar-refractivity contribution in [2.75, 3.05) is 10.6 Å². The minimum absolute atomic E-state index is 0.0808. The summed E-state index contributed by atoms with van der Waals surface area (Å²) in [4.78, 5) is 22.9. The first kappa shape index (κ1) is 15.0. The SMILES string of the molecule is Cc1nn(C)cc1NC(=O)Nc1cc(Br)cc(C(=O)O)c1. The van der Waals surface area contributed by atoms with Crippen molar-refractivity contribution in [3.05, 3.63) is 40.1 Å². The molecular weight excluding hydrogens is 340 g/mol. The zero-order chi connectivity index (χ0) is 15.6. The topological polar surface area (TPSA) is 96.3 Å². The van der Waals surface area contributed by atoms with Crippen LogP contribution in [0.3, 0.4) is 0 Å². The average Bonchev–Trinajstić information content (AvgIpc) is 2.66. The zero-order valence-electron chi connectivity index (χ0n) is 11.3. The van der Waals surface area contributed by atoms with Gasteiger partial charge in [-0.15, -0.1) is 0 Å². The Labute approximate surface area is 129 Å². The van der Waals surface area contributed by atoms with Gasteiger partial charge >= 0.3 is 12.0 Å². The summed E-state index contributed by atoms with van der Waals surface area (Å²) in [6.07, 6.45) is 1.68. The second-order valence-corrected chi connectivity index (χ2v) is 5.33. The molecule has 0 aliphatic carbocycles. The van der Waals surface area contributed by atoms with Crippen molar-refractivity contribution >= 4 is 39.3 Å². The maximum absolute atomic E-state index is 11.9. The summed E-state index contributed by atoms with van der Waals surface area (Å²) in [6, 6.07) is 3.97. The Kier molecular flexibility index (Phi) is 4.27. The van der Waals surface area contributed by atoms with Gasteiger partial charge in [-0.25, -0.2) is 9.59 Å². The molecule has 0 atom stereocenters. The number of hydrogen-bond acceptors (Lipinski definition) is 3. The maximum Gasteiger partial charge on any atom is 0.335 e. The third-order valence-electron chi connectivity index (χ3n) is 2.66. The minimum atomic E-state index is -1.07.